The molecule has 8 heteroatoms. The number of hydrogen-bond acceptors (Lipinski definition) is 6. The predicted molar refractivity (Wildman–Crippen MR) is 118 cm³/mol. The first-order valence-electron chi connectivity index (χ1n) is 9.53. The van der Waals surface area contributed by atoms with Crippen LogP contribution in [0.4, 0.5) is 5.69 Å². The fourth-order valence-corrected chi connectivity index (χ4v) is 5.14. The summed E-state index contributed by atoms with van der Waals surface area (Å²) < 4.78 is 16.3. The standard InChI is InChI=1S/C23H21NO6S/c1-28-15-9-13(10-16(29-2)20(15)30-3)14-11-17(25)24-19-18(12-7-5-4-6-8-12)22(23(26)27)31-21(14)19/h4-10,14H,11H2,1-3H3,(H,24,25)(H,26,27). The Balaban J connectivity index is 1.94. The van der Waals surface area contributed by atoms with E-state index in [0.29, 0.717) is 28.5 Å². The second kappa shape index (κ2) is 8.31. The maximum atomic E-state index is 12.7. The Kier molecular flexibility index (Phi) is 5.56. The zero-order valence-corrected chi connectivity index (χ0v) is 18.0. The van der Waals surface area contributed by atoms with Gasteiger partial charge in [0.1, 0.15) is 4.88 Å². The number of benzene rings is 2. The van der Waals surface area contributed by atoms with Crippen molar-refractivity contribution >= 4 is 28.9 Å². The van der Waals surface area contributed by atoms with Crippen LogP contribution >= 0.6 is 11.3 Å². The molecule has 2 N–H and O–H groups in total. The first kappa shape index (κ1) is 20.7. The number of anilines is 1. The molecule has 7 nitrogen and oxygen atoms in total. The van der Waals surface area contributed by atoms with E-state index in [2.05, 4.69) is 5.32 Å². The van der Waals surface area contributed by atoms with Crippen LogP contribution in [-0.2, 0) is 4.79 Å². The Morgan fingerprint density at radius 2 is 1.71 bits per heavy atom. The van der Waals surface area contributed by atoms with Gasteiger partial charge in [-0.15, -0.1) is 11.3 Å². The number of thiophene rings is 1. The number of carbonyl (C=O) groups is 2. The number of methoxy groups -OCH3 is 3. The molecule has 1 amide bonds. The summed E-state index contributed by atoms with van der Waals surface area (Å²) in [5.74, 6) is -0.158. The van der Waals surface area contributed by atoms with Crippen molar-refractivity contribution in [3.63, 3.8) is 0 Å². The first-order chi connectivity index (χ1) is 15.0. The lowest BCUT2D eigenvalue weighted by Crippen LogP contribution is -2.22. The minimum atomic E-state index is -1.03. The number of nitrogens with one attached hydrogen (secondary N) is 1. The summed E-state index contributed by atoms with van der Waals surface area (Å²) >= 11 is 1.18. The second-order valence-corrected chi connectivity index (χ2v) is 8.03. The molecule has 0 fully saturated rings. The number of carbonyl (C=O) groups excluding carboxylic acids is 1. The zero-order valence-electron chi connectivity index (χ0n) is 17.2. The number of fused-ring (bicyclic) bond motifs is 1. The molecule has 3 aromatic rings. The van der Waals surface area contributed by atoms with Crippen LogP contribution in [-0.4, -0.2) is 38.3 Å². The van der Waals surface area contributed by atoms with Crippen molar-refractivity contribution in [2.75, 3.05) is 26.6 Å². The quantitative estimate of drug-likeness (QED) is 0.582. The summed E-state index contributed by atoms with van der Waals surface area (Å²) in [6, 6.07) is 12.8. The van der Waals surface area contributed by atoms with Crippen LogP contribution in [0.15, 0.2) is 42.5 Å². The third-order valence-corrected chi connectivity index (χ3v) is 6.54. The van der Waals surface area contributed by atoms with Crippen LogP contribution in [0, 0.1) is 0 Å². The molecule has 31 heavy (non-hydrogen) atoms. The van der Waals surface area contributed by atoms with Crippen molar-refractivity contribution in [2.24, 2.45) is 0 Å². The summed E-state index contributed by atoms with van der Waals surface area (Å²) in [6.07, 6.45) is 0.180. The molecule has 0 radical (unpaired) electrons. The van der Waals surface area contributed by atoms with E-state index in [0.717, 1.165) is 16.0 Å². The highest BCUT2D eigenvalue weighted by atomic mass is 32.1. The molecule has 1 aliphatic heterocycles. The smallest absolute Gasteiger partial charge is 0.346 e. The van der Waals surface area contributed by atoms with Gasteiger partial charge in [0.15, 0.2) is 11.5 Å². The molecule has 0 bridgehead atoms. The fourth-order valence-electron chi connectivity index (χ4n) is 3.89. The van der Waals surface area contributed by atoms with Gasteiger partial charge in [-0.05, 0) is 23.3 Å². The molecular weight excluding hydrogens is 418 g/mol. The number of ether oxygens (including phenoxy) is 3. The highest BCUT2D eigenvalue weighted by Crippen LogP contribution is 2.51. The normalized spacial score (nSPS) is 15.1. The van der Waals surface area contributed by atoms with Gasteiger partial charge in [0.05, 0.1) is 27.0 Å². The first-order valence-corrected chi connectivity index (χ1v) is 10.3. The summed E-state index contributed by atoms with van der Waals surface area (Å²) in [7, 11) is 4.58. The Bertz CT molecular complexity index is 1130. The molecule has 1 unspecified atom stereocenters. The van der Waals surface area contributed by atoms with Crippen LogP contribution in [0.25, 0.3) is 11.1 Å². The van der Waals surface area contributed by atoms with Gasteiger partial charge in [-0.2, -0.15) is 0 Å². The van der Waals surface area contributed by atoms with Gasteiger partial charge >= 0.3 is 5.97 Å². The van der Waals surface area contributed by atoms with Crippen molar-refractivity contribution in [2.45, 2.75) is 12.3 Å². The third-order valence-electron chi connectivity index (χ3n) is 5.25. The van der Waals surface area contributed by atoms with Gasteiger partial charge in [0.2, 0.25) is 11.7 Å². The molecule has 0 spiro atoms. The van der Waals surface area contributed by atoms with E-state index in [9.17, 15) is 14.7 Å². The van der Waals surface area contributed by atoms with Crippen molar-refractivity contribution in [1.82, 2.24) is 0 Å². The van der Waals surface area contributed by atoms with Crippen molar-refractivity contribution in [3.05, 3.63) is 57.8 Å². The van der Waals surface area contributed by atoms with E-state index in [1.165, 1.54) is 32.7 Å². The van der Waals surface area contributed by atoms with E-state index in [-0.39, 0.29) is 23.1 Å². The topological polar surface area (TPSA) is 94.1 Å². The second-order valence-electron chi connectivity index (χ2n) is 6.98. The van der Waals surface area contributed by atoms with Gasteiger partial charge in [0, 0.05) is 22.8 Å². The maximum Gasteiger partial charge on any atom is 0.346 e. The number of hydrogen-bond donors (Lipinski definition) is 2. The molecule has 4 rings (SSSR count). The van der Waals surface area contributed by atoms with Crippen LogP contribution in [0.5, 0.6) is 17.2 Å². The van der Waals surface area contributed by atoms with Gasteiger partial charge < -0.3 is 24.6 Å². The van der Waals surface area contributed by atoms with Crippen LogP contribution < -0.4 is 19.5 Å². The number of carboxylic acids is 1. The number of carboxylic acid groups (broad SMARTS) is 1. The minimum absolute atomic E-state index is 0.180. The number of aromatic carboxylic acids is 1. The summed E-state index contributed by atoms with van der Waals surface area (Å²) in [6.45, 7) is 0. The molecule has 1 atom stereocenters. The maximum absolute atomic E-state index is 12.7. The van der Waals surface area contributed by atoms with E-state index in [1.807, 2.05) is 30.3 Å². The van der Waals surface area contributed by atoms with Gasteiger partial charge in [-0.1, -0.05) is 30.3 Å². The molecule has 1 aromatic heterocycles. The van der Waals surface area contributed by atoms with Gasteiger partial charge in [-0.3, -0.25) is 4.79 Å². The molecule has 2 heterocycles. The molecule has 0 saturated heterocycles. The summed E-state index contributed by atoms with van der Waals surface area (Å²) in [5, 5.41) is 12.8. The summed E-state index contributed by atoms with van der Waals surface area (Å²) in [4.78, 5) is 25.7. The average Bonchev–Trinajstić information content (AvgIpc) is 3.17. The van der Waals surface area contributed by atoms with E-state index >= 15 is 0 Å². The lowest BCUT2D eigenvalue weighted by molar-refractivity contribution is -0.116. The highest BCUT2D eigenvalue weighted by Gasteiger charge is 2.35. The largest absolute Gasteiger partial charge is 0.493 e. The zero-order chi connectivity index (χ0) is 22.1. The van der Waals surface area contributed by atoms with Crippen molar-refractivity contribution in [3.8, 4) is 28.4 Å². The van der Waals surface area contributed by atoms with Crippen molar-refractivity contribution < 1.29 is 28.9 Å². The highest BCUT2D eigenvalue weighted by molar-refractivity contribution is 7.15. The van der Waals surface area contributed by atoms with E-state index < -0.39 is 5.97 Å². The van der Waals surface area contributed by atoms with E-state index in [4.69, 9.17) is 14.2 Å². The Hall–Kier alpha value is -3.52. The monoisotopic (exact) mass is 439 g/mol. The number of rotatable bonds is 6. The van der Waals surface area contributed by atoms with Crippen molar-refractivity contribution in [1.29, 1.82) is 0 Å². The molecule has 1 aliphatic rings. The number of amides is 1. The third kappa shape index (κ3) is 3.59. The molecular formula is C23H21NO6S. The Labute approximate surface area is 183 Å². The fraction of sp³-hybridized carbons (Fsp3) is 0.217. The van der Waals surface area contributed by atoms with Crippen LogP contribution in [0.1, 0.15) is 32.5 Å². The predicted octanol–water partition coefficient (Wildman–Crippen LogP) is 4.61. The minimum Gasteiger partial charge on any atom is -0.493 e. The lowest BCUT2D eigenvalue weighted by Gasteiger charge is -2.25. The van der Waals surface area contributed by atoms with Crippen LogP contribution in [0.2, 0.25) is 0 Å². The van der Waals surface area contributed by atoms with Gasteiger partial charge in [0.25, 0.3) is 0 Å². The van der Waals surface area contributed by atoms with Gasteiger partial charge in [-0.25, -0.2) is 4.79 Å². The molecule has 2 aromatic carbocycles. The Morgan fingerprint density at radius 1 is 1.06 bits per heavy atom. The molecule has 160 valence electrons. The van der Waals surface area contributed by atoms with E-state index in [1.54, 1.807) is 12.1 Å². The lowest BCUT2D eigenvalue weighted by atomic mass is 9.88. The Morgan fingerprint density at radius 3 is 2.26 bits per heavy atom. The van der Waals surface area contributed by atoms with Crippen LogP contribution in [0.3, 0.4) is 0 Å². The SMILES string of the molecule is COc1cc(C2CC(=O)Nc3c2sc(C(=O)O)c3-c2ccccc2)cc(OC)c1OC. The molecule has 0 aliphatic carbocycles. The average molecular weight is 439 g/mol. The molecule has 0 saturated carbocycles. The summed E-state index contributed by atoms with van der Waals surface area (Å²) in [5.41, 5.74) is 2.59.